The van der Waals surface area contributed by atoms with Crippen LogP contribution in [0, 0.1) is 0 Å². The van der Waals surface area contributed by atoms with Crippen molar-refractivity contribution in [2.75, 3.05) is 0 Å². The Kier molecular flexibility index (Phi) is 3.59. The highest BCUT2D eigenvalue weighted by molar-refractivity contribution is 6.30. The van der Waals surface area contributed by atoms with E-state index in [1.807, 2.05) is 19.1 Å². The molecular weight excluding hydrogens is 290 g/mol. The van der Waals surface area contributed by atoms with Gasteiger partial charge >= 0.3 is 6.09 Å². The maximum atomic E-state index is 11.8. The lowest BCUT2D eigenvalue weighted by Crippen LogP contribution is -2.46. The number of aromatic amines is 1. The van der Waals surface area contributed by atoms with Crippen molar-refractivity contribution < 1.29 is 9.90 Å². The number of nitrogens with one attached hydrogen (secondary N) is 1. The molecule has 110 valence electrons. The molecule has 6 heteroatoms. The molecule has 0 spiro atoms. The molecule has 2 unspecified atom stereocenters. The van der Waals surface area contributed by atoms with Crippen molar-refractivity contribution in [2.24, 2.45) is 0 Å². The van der Waals surface area contributed by atoms with Gasteiger partial charge < -0.3 is 5.11 Å². The molecule has 2 aromatic rings. The van der Waals surface area contributed by atoms with Crippen LogP contribution >= 0.6 is 11.6 Å². The predicted molar refractivity (Wildman–Crippen MR) is 79.5 cm³/mol. The van der Waals surface area contributed by atoms with Crippen LogP contribution in [0.4, 0.5) is 4.79 Å². The Morgan fingerprint density at radius 2 is 2.19 bits per heavy atom. The number of aromatic nitrogens is 2. The molecule has 1 aliphatic heterocycles. The highest BCUT2D eigenvalue weighted by Gasteiger charge is 2.38. The van der Waals surface area contributed by atoms with Crippen LogP contribution in [0.1, 0.15) is 36.2 Å². The Labute approximate surface area is 127 Å². The summed E-state index contributed by atoms with van der Waals surface area (Å²) in [7, 11) is 0. The fourth-order valence-electron chi connectivity index (χ4n) is 3.01. The Balaban J connectivity index is 2.12. The zero-order chi connectivity index (χ0) is 15.0. The highest BCUT2D eigenvalue weighted by atomic mass is 35.5. The molecule has 0 radical (unpaired) electrons. The SMILES string of the molecule is CCC1Cc2[nH]ncc2C(c2ccc(Cl)cc2)N1C(=O)O. The van der Waals surface area contributed by atoms with Gasteiger partial charge in [-0.25, -0.2) is 4.79 Å². The van der Waals surface area contributed by atoms with Gasteiger partial charge in [0.15, 0.2) is 0 Å². The first-order chi connectivity index (χ1) is 10.1. The standard InChI is InChI=1S/C15H16ClN3O2/c1-2-11-7-13-12(8-17-18-13)14(19(11)15(20)21)9-3-5-10(16)6-4-9/h3-6,8,11,14H,2,7H2,1H3,(H,17,18)(H,20,21). The fraction of sp³-hybridized carbons (Fsp3) is 0.333. The van der Waals surface area contributed by atoms with E-state index in [-0.39, 0.29) is 12.1 Å². The second-order valence-corrected chi connectivity index (χ2v) is 5.65. The van der Waals surface area contributed by atoms with Gasteiger partial charge in [0, 0.05) is 28.7 Å². The lowest BCUT2D eigenvalue weighted by Gasteiger charge is -2.39. The van der Waals surface area contributed by atoms with Crippen LogP contribution in [-0.4, -0.2) is 32.3 Å². The van der Waals surface area contributed by atoms with Gasteiger partial charge in [0.05, 0.1) is 12.2 Å². The maximum Gasteiger partial charge on any atom is 0.408 e. The number of fused-ring (bicyclic) bond motifs is 1. The molecule has 0 saturated heterocycles. The lowest BCUT2D eigenvalue weighted by atomic mass is 9.88. The molecule has 1 amide bonds. The van der Waals surface area contributed by atoms with Gasteiger partial charge in [0.2, 0.25) is 0 Å². The summed E-state index contributed by atoms with van der Waals surface area (Å²) >= 11 is 5.94. The first kappa shape index (κ1) is 13.9. The summed E-state index contributed by atoms with van der Waals surface area (Å²) in [5, 5.41) is 17.4. The Morgan fingerprint density at radius 1 is 1.48 bits per heavy atom. The van der Waals surface area contributed by atoms with Gasteiger partial charge in [-0.2, -0.15) is 5.10 Å². The Morgan fingerprint density at radius 3 is 2.81 bits per heavy atom. The molecule has 21 heavy (non-hydrogen) atoms. The minimum Gasteiger partial charge on any atom is -0.465 e. The van der Waals surface area contributed by atoms with E-state index in [0.29, 0.717) is 11.4 Å². The Hall–Kier alpha value is -2.01. The number of H-pyrrole nitrogens is 1. The minimum atomic E-state index is -0.909. The molecule has 0 bridgehead atoms. The normalized spacial score (nSPS) is 21.1. The van der Waals surface area contributed by atoms with E-state index >= 15 is 0 Å². The van der Waals surface area contributed by atoms with Gasteiger partial charge in [0.1, 0.15) is 0 Å². The van der Waals surface area contributed by atoms with Crippen molar-refractivity contribution in [1.29, 1.82) is 0 Å². The quantitative estimate of drug-likeness (QED) is 0.892. The molecule has 0 fully saturated rings. The van der Waals surface area contributed by atoms with E-state index in [2.05, 4.69) is 10.2 Å². The van der Waals surface area contributed by atoms with E-state index in [1.165, 1.54) is 4.90 Å². The zero-order valence-electron chi connectivity index (χ0n) is 11.6. The summed E-state index contributed by atoms with van der Waals surface area (Å²) < 4.78 is 0. The number of benzene rings is 1. The van der Waals surface area contributed by atoms with Crippen LogP contribution in [0.15, 0.2) is 30.5 Å². The van der Waals surface area contributed by atoms with Crippen LogP contribution in [0.2, 0.25) is 5.02 Å². The summed E-state index contributed by atoms with van der Waals surface area (Å²) in [5.41, 5.74) is 2.84. The summed E-state index contributed by atoms with van der Waals surface area (Å²) in [4.78, 5) is 13.3. The first-order valence-electron chi connectivity index (χ1n) is 6.90. The number of carboxylic acid groups (broad SMARTS) is 1. The van der Waals surface area contributed by atoms with Gasteiger partial charge in [-0.05, 0) is 24.1 Å². The topological polar surface area (TPSA) is 69.2 Å². The number of rotatable bonds is 2. The molecular formula is C15H16ClN3O2. The second-order valence-electron chi connectivity index (χ2n) is 5.21. The van der Waals surface area contributed by atoms with E-state index in [4.69, 9.17) is 11.6 Å². The average Bonchev–Trinajstić information content (AvgIpc) is 2.94. The third kappa shape index (κ3) is 2.38. The molecule has 0 aliphatic carbocycles. The van der Waals surface area contributed by atoms with Crippen molar-refractivity contribution in [3.63, 3.8) is 0 Å². The predicted octanol–water partition coefficient (Wildman–Crippen LogP) is 3.47. The van der Waals surface area contributed by atoms with Gasteiger partial charge in [-0.15, -0.1) is 0 Å². The smallest absolute Gasteiger partial charge is 0.408 e. The molecule has 1 aliphatic rings. The van der Waals surface area contributed by atoms with Crippen molar-refractivity contribution in [2.45, 2.75) is 31.8 Å². The number of halogens is 1. The second kappa shape index (κ2) is 5.41. The summed E-state index contributed by atoms with van der Waals surface area (Å²) in [5.74, 6) is 0. The van der Waals surface area contributed by atoms with Crippen LogP contribution in [0.5, 0.6) is 0 Å². The van der Waals surface area contributed by atoms with Crippen LogP contribution < -0.4 is 0 Å². The Bertz CT molecular complexity index is 653. The van der Waals surface area contributed by atoms with Crippen molar-refractivity contribution in [3.8, 4) is 0 Å². The molecule has 3 rings (SSSR count). The summed E-state index contributed by atoms with van der Waals surface area (Å²) in [6.07, 6.45) is 2.24. The largest absolute Gasteiger partial charge is 0.465 e. The van der Waals surface area contributed by atoms with Crippen LogP contribution in [-0.2, 0) is 6.42 Å². The van der Waals surface area contributed by atoms with Crippen LogP contribution in [0.3, 0.4) is 0 Å². The van der Waals surface area contributed by atoms with Gasteiger partial charge in [0.25, 0.3) is 0 Å². The molecule has 0 saturated carbocycles. The molecule has 1 aromatic carbocycles. The number of carbonyl (C=O) groups is 1. The third-order valence-electron chi connectivity index (χ3n) is 4.04. The first-order valence-corrected chi connectivity index (χ1v) is 7.28. The fourth-order valence-corrected chi connectivity index (χ4v) is 3.13. The molecule has 2 heterocycles. The van der Waals surface area contributed by atoms with Crippen molar-refractivity contribution in [1.82, 2.24) is 15.1 Å². The van der Waals surface area contributed by atoms with Crippen molar-refractivity contribution in [3.05, 3.63) is 52.3 Å². The third-order valence-corrected chi connectivity index (χ3v) is 4.29. The van der Waals surface area contributed by atoms with Crippen molar-refractivity contribution >= 4 is 17.7 Å². The van der Waals surface area contributed by atoms with Crippen LogP contribution in [0.25, 0.3) is 0 Å². The molecule has 2 atom stereocenters. The van der Waals surface area contributed by atoms with Gasteiger partial charge in [-0.1, -0.05) is 30.7 Å². The van der Waals surface area contributed by atoms with E-state index < -0.39 is 6.09 Å². The summed E-state index contributed by atoms with van der Waals surface area (Å²) in [6.45, 7) is 2.00. The number of amides is 1. The highest BCUT2D eigenvalue weighted by Crippen LogP contribution is 2.38. The lowest BCUT2D eigenvalue weighted by molar-refractivity contribution is 0.0989. The number of nitrogens with zero attached hydrogens (tertiary/aromatic N) is 2. The monoisotopic (exact) mass is 305 g/mol. The molecule has 2 N–H and O–H groups in total. The number of hydrogen-bond acceptors (Lipinski definition) is 2. The molecule has 1 aromatic heterocycles. The number of hydrogen-bond donors (Lipinski definition) is 2. The zero-order valence-corrected chi connectivity index (χ0v) is 12.3. The molecule has 5 nitrogen and oxygen atoms in total. The van der Waals surface area contributed by atoms with Gasteiger partial charge in [-0.3, -0.25) is 10.00 Å². The summed E-state index contributed by atoms with van der Waals surface area (Å²) in [6, 6.07) is 6.91. The van der Waals surface area contributed by atoms with E-state index in [1.54, 1.807) is 18.3 Å². The van der Waals surface area contributed by atoms with E-state index in [0.717, 1.165) is 23.2 Å². The van der Waals surface area contributed by atoms with E-state index in [9.17, 15) is 9.90 Å². The maximum absolute atomic E-state index is 11.8. The average molecular weight is 306 g/mol. The minimum absolute atomic E-state index is 0.0591.